The maximum Gasteiger partial charge on any atom is 0.519 e. The van der Waals surface area contributed by atoms with Crippen LogP contribution in [0.2, 0.25) is 0 Å². The molecular formula is C21H28O3. The van der Waals surface area contributed by atoms with Gasteiger partial charge in [0.05, 0.1) is 0 Å². The summed E-state index contributed by atoms with van der Waals surface area (Å²) in [6, 6.07) is 13.0. The first-order valence-electron chi connectivity index (χ1n) is 8.34. The van der Waals surface area contributed by atoms with Crippen LogP contribution in [0.4, 0.5) is 4.79 Å². The molecule has 0 fully saturated rings. The van der Waals surface area contributed by atoms with Crippen molar-refractivity contribution in [3.8, 4) is 11.5 Å². The number of carbonyl (C=O) groups excluding carboxylic acids is 1. The lowest BCUT2D eigenvalue weighted by molar-refractivity contribution is 0.151. The second kappa shape index (κ2) is 8.53. The van der Waals surface area contributed by atoms with Crippen LogP contribution in [0.1, 0.15) is 51.3 Å². The van der Waals surface area contributed by atoms with Gasteiger partial charge in [-0.2, -0.15) is 0 Å². The Morgan fingerprint density at radius 3 is 1.83 bits per heavy atom. The van der Waals surface area contributed by atoms with E-state index < -0.39 is 6.16 Å². The van der Waals surface area contributed by atoms with Crippen LogP contribution in [0.15, 0.2) is 42.5 Å². The normalized spacial score (nSPS) is 10.5. The van der Waals surface area contributed by atoms with Gasteiger partial charge < -0.3 is 9.47 Å². The molecule has 3 nitrogen and oxygen atoms in total. The van der Waals surface area contributed by atoms with Crippen LogP contribution in [-0.2, 0) is 5.41 Å². The molecule has 0 aliphatic carbocycles. The third kappa shape index (κ3) is 5.41. The molecule has 0 atom stereocenters. The van der Waals surface area contributed by atoms with Gasteiger partial charge in [-0.3, -0.25) is 0 Å². The maximum absolute atomic E-state index is 11.9. The smallest absolute Gasteiger partial charge is 0.395 e. The second-order valence-corrected chi connectivity index (χ2v) is 6.46. The zero-order valence-corrected chi connectivity index (χ0v) is 15.8. The van der Waals surface area contributed by atoms with E-state index in [1.165, 1.54) is 5.56 Å². The fourth-order valence-electron chi connectivity index (χ4n) is 2.23. The average Bonchev–Trinajstić information content (AvgIpc) is 2.52. The van der Waals surface area contributed by atoms with Gasteiger partial charge in [0.25, 0.3) is 0 Å². The van der Waals surface area contributed by atoms with E-state index in [0.717, 1.165) is 11.1 Å². The van der Waals surface area contributed by atoms with E-state index in [4.69, 9.17) is 9.47 Å². The number of para-hydroxylation sites is 1. The Morgan fingerprint density at radius 2 is 1.38 bits per heavy atom. The molecule has 3 heteroatoms. The summed E-state index contributed by atoms with van der Waals surface area (Å²) in [7, 11) is 0. The van der Waals surface area contributed by atoms with Crippen molar-refractivity contribution in [3.63, 3.8) is 0 Å². The van der Waals surface area contributed by atoms with E-state index in [2.05, 4.69) is 32.9 Å². The third-order valence-corrected chi connectivity index (χ3v) is 3.46. The quantitative estimate of drug-likeness (QED) is 0.486. The number of benzene rings is 2. The minimum Gasteiger partial charge on any atom is -0.395 e. The van der Waals surface area contributed by atoms with Gasteiger partial charge in [-0.1, -0.05) is 65.0 Å². The van der Waals surface area contributed by atoms with E-state index in [-0.39, 0.29) is 5.41 Å². The maximum atomic E-state index is 11.9. The summed E-state index contributed by atoms with van der Waals surface area (Å²) in [5.41, 5.74) is 3.12. The summed E-state index contributed by atoms with van der Waals surface area (Å²) in [4.78, 5) is 11.9. The summed E-state index contributed by atoms with van der Waals surface area (Å²) in [6.45, 7) is 14.4. The van der Waals surface area contributed by atoms with E-state index in [9.17, 15) is 4.79 Å². The van der Waals surface area contributed by atoms with E-state index in [1.807, 2.05) is 33.8 Å². The van der Waals surface area contributed by atoms with E-state index in [1.54, 1.807) is 24.3 Å². The summed E-state index contributed by atoms with van der Waals surface area (Å²) in [5, 5.41) is 0. The molecule has 0 N–H and O–H groups in total. The number of rotatable bonds is 2. The number of ether oxygens (including phenoxy) is 2. The molecule has 0 heterocycles. The van der Waals surface area contributed by atoms with Crippen LogP contribution in [0.3, 0.4) is 0 Å². The highest BCUT2D eigenvalue weighted by Gasteiger charge is 2.18. The molecule has 0 spiro atoms. The molecule has 0 unspecified atom stereocenters. The number of carbonyl (C=O) groups is 1. The molecule has 2 aromatic carbocycles. The number of aryl methyl sites for hydroxylation is 2. The first kappa shape index (κ1) is 19.8. The molecule has 130 valence electrons. The first-order valence-corrected chi connectivity index (χ1v) is 8.34. The third-order valence-electron chi connectivity index (χ3n) is 3.46. The molecule has 2 aromatic rings. The molecule has 0 aliphatic heterocycles. The fourth-order valence-corrected chi connectivity index (χ4v) is 2.23. The Labute approximate surface area is 145 Å². The van der Waals surface area contributed by atoms with Crippen molar-refractivity contribution in [2.45, 2.75) is 53.9 Å². The standard InChI is InChI=1S/C19H22O3.C2H6/c1-13-11-15(19(3,4)5)12-14(2)17(13)22-18(20)21-16-9-7-6-8-10-16;1-2/h6-12H,1-5H3;1-2H3. The van der Waals surface area contributed by atoms with Crippen LogP contribution in [0.25, 0.3) is 0 Å². The van der Waals surface area contributed by atoms with Gasteiger partial charge >= 0.3 is 6.16 Å². The summed E-state index contributed by atoms with van der Waals surface area (Å²) in [6.07, 6.45) is -0.721. The zero-order chi connectivity index (χ0) is 18.3. The van der Waals surface area contributed by atoms with Crippen LogP contribution < -0.4 is 9.47 Å². The summed E-state index contributed by atoms with van der Waals surface area (Å²) in [5.74, 6) is 1.03. The van der Waals surface area contributed by atoms with Crippen LogP contribution in [0, 0.1) is 13.8 Å². The van der Waals surface area contributed by atoms with Gasteiger partial charge in [-0.05, 0) is 48.1 Å². The Hall–Kier alpha value is -2.29. The molecular weight excluding hydrogens is 300 g/mol. The van der Waals surface area contributed by atoms with Crippen LogP contribution >= 0.6 is 0 Å². The van der Waals surface area contributed by atoms with Crippen molar-refractivity contribution in [2.75, 3.05) is 0 Å². The van der Waals surface area contributed by atoms with Crippen LogP contribution in [-0.4, -0.2) is 6.16 Å². The monoisotopic (exact) mass is 328 g/mol. The van der Waals surface area contributed by atoms with Crippen molar-refractivity contribution in [2.24, 2.45) is 0 Å². The highest BCUT2D eigenvalue weighted by Crippen LogP contribution is 2.31. The van der Waals surface area contributed by atoms with Crippen molar-refractivity contribution in [1.29, 1.82) is 0 Å². The molecule has 0 radical (unpaired) electrons. The minimum absolute atomic E-state index is 0.0542. The number of hydrogen-bond acceptors (Lipinski definition) is 3. The highest BCUT2D eigenvalue weighted by molar-refractivity contribution is 5.68. The largest absolute Gasteiger partial charge is 0.519 e. The predicted octanol–water partition coefficient (Wildman–Crippen LogP) is 6.20. The van der Waals surface area contributed by atoms with Crippen molar-refractivity contribution in [1.82, 2.24) is 0 Å². The minimum atomic E-state index is -0.721. The van der Waals surface area contributed by atoms with E-state index >= 15 is 0 Å². The average molecular weight is 328 g/mol. The topological polar surface area (TPSA) is 35.5 Å². The second-order valence-electron chi connectivity index (χ2n) is 6.46. The Kier molecular flexibility index (Phi) is 7.02. The predicted molar refractivity (Wildman–Crippen MR) is 99.1 cm³/mol. The number of hydrogen-bond donors (Lipinski definition) is 0. The molecule has 0 aliphatic rings. The van der Waals surface area contributed by atoms with Gasteiger partial charge in [0.15, 0.2) is 0 Å². The van der Waals surface area contributed by atoms with Gasteiger partial charge in [0.2, 0.25) is 0 Å². The van der Waals surface area contributed by atoms with Gasteiger partial charge in [0, 0.05) is 0 Å². The molecule has 24 heavy (non-hydrogen) atoms. The molecule has 0 amide bonds. The Morgan fingerprint density at radius 1 is 0.875 bits per heavy atom. The van der Waals surface area contributed by atoms with Gasteiger partial charge in [-0.25, -0.2) is 4.79 Å². The van der Waals surface area contributed by atoms with Gasteiger partial charge in [0.1, 0.15) is 11.5 Å². The van der Waals surface area contributed by atoms with Crippen molar-refractivity contribution in [3.05, 3.63) is 59.2 Å². The lowest BCUT2D eigenvalue weighted by Gasteiger charge is -2.21. The molecule has 0 aromatic heterocycles. The zero-order valence-electron chi connectivity index (χ0n) is 15.8. The van der Waals surface area contributed by atoms with Gasteiger partial charge in [-0.15, -0.1) is 0 Å². The van der Waals surface area contributed by atoms with Crippen LogP contribution in [0.5, 0.6) is 11.5 Å². The first-order chi connectivity index (χ1) is 11.3. The molecule has 0 bridgehead atoms. The van der Waals surface area contributed by atoms with Crippen molar-refractivity contribution >= 4 is 6.16 Å². The summed E-state index contributed by atoms with van der Waals surface area (Å²) < 4.78 is 10.6. The molecule has 2 rings (SSSR count). The lowest BCUT2D eigenvalue weighted by atomic mass is 9.85. The van der Waals surface area contributed by atoms with Crippen molar-refractivity contribution < 1.29 is 14.3 Å². The SMILES string of the molecule is CC.Cc1cc(C(C)(C)C)cc(C)c1OC(=O)Oc1ccccc1. The fraction of sp³-hybridized carbons (Fsp3) is 0.381. The Bertz CT molecular complexity index is 644. The van der Waals surface area contributed by atoms with E-state index in [0.29, 0.717) is 11.5 Å². The highest BCUT2D eigenvalue weighted by atomic mass is 16.7. The Balaban J connectivity index is 0.00000139. The molecule has 0 saturated heterocycles. The summed E-state index contributed by atoms with van der Waals surface area (Å²) >= 11 is 0. The lowest BCUT2D eigenvalue weighted by Crippen LogP contribution is -2.16. The molecule has 0 saturated carbocycles.